The van der Waals surface area contributed by atoms with Gasteiger partial charge in [-0.1, -0.05) is 41.4 Å². The molecular weight excluding hydrogens is 248 g/mol. The molecule has 0 heterocycles. The molecule has 0 saturated carbocycles. The fourth-order valence-corrected chi connectivity index (χ4v) is 1.77. The summed E-state index contributed by atoms with van der Waals surface area (Å²) in [6.07, 6.45) is 0. The van der Waals surface area contributed by atoms with Crippen LogP contribution in [0.15, 0.2) is 42.5 Å². The molecule has 94 valence electrons. The molecule has 2 nitrogen and oxygen atoms in total. The average molecular weight is 263 g/mol. The molecular formula is C15H15ClO2. The zero-order chi connectivity index (χ0) is 13.0. The van der Waals surface area contributed by atoms with Crippen molar-refractivity contribution in [3.05, 3.63) is 58.6 Å². The van der Waals surface area contributed by atoms with Gasteiger partial charge in [0.2, 0.25) is 0 Å². The van der Waals surface area contributed by atoms with E-state index < -0.39 is 0 Å². The van der Waals surface area contributed by atoms with E-state index in [1.54, 1.807) is 19.2 Å². The first-order chi connectivity index (χ1) is 8.69. The molecule has 18 heavy (non-hydrogen) atoms. The minimum absolute atomic E-state index is 0.512. The summed E-state index contributed by atoms with van der Waals surface area (Å²) in [6.45, 7) is 2.57. The van der Waals surface area contributed by atoms with Crippen molar-refractivity contribution in [3.8, 4) is 11.5 Å². The Bertz CT molecular complexity index is 521. The van der Waals surface area contributed by atoms with Gasteiger partial charge in [-0.15, -0.1) is 0 Å². The first-order valence-corrected chi connectivity index (χ1v) is 6.09. The number of hydrogen-bond acceptors (Lipinski definition) is 2. The first-order valence-electron chi connectivity index (χ1n) is 5.71. The molecule has 3 heteroatoms. The van der Waals surface area contributed by atoms with E-state index in [1.807, 2.05) is 6.07 Å². The van der Waals surface area contributed by atoms with Gasteiger partial charge in [-0.25, -0.2) is 0 Å². The molecule has 0 atom stereocenters. The average Bonchev–Trinajstić information content (AvgIpc) is 2.39. The summed E-state index contributed by atoms with van der Waals surface area (Å²) in [6, 6.07) is 13.6. The van der Waals surface area contributed by atoms with E-state index in [0.29, 0.717) is 23.1 Å². The molecule has 0 N–H and O–H groups in total. The number of ether oxygens (including phenoxy) is 2. The number of rotatable bonds is 4. The lowest BCUT2D eigenvalue weighted by Gasteiger charge is -2.11. The van der Waals surface area contributed by atoms with Crippen molar-refractivity contribution in [2.24, 2.45) is 0 Å². The summed E-state index contributed by atoms with van der Waals surface area (Å²) in [7, 11) is 1.60. The van der Waals surface area contributed by atoms with Crippen LogP contribution in [0.25, 0.3) is 0 Å². The standard InChI is InChI=1S/C15H15ClO2/c1-11-3-5-12(6-4-11)10-18-14-8-7-13(16)9-15(14)17-2/h3-9H,10H2,1-2H3. The second-order valence-electron chi connectivity index (χ2n) is 4.07. The quantitative estimate of drug-likeness (QED) is 0.821. The monoisotopic (exact) mass is 262 g/mol. The Kier molecular flexibility index (Phi) is 4.11. The Hall–Kier alpha value is -1.67. The second kappa shape index (κ2) is 5.78. The molecule has 0 amide bonds. The maximum atomic E-state index is 5.89. The van der Waals surface area contributed by atoms with Gasteiger partial charge in [0.1, 0.15) is 6.61 Å². The molecule has 0 bridgehead atoms. The van der Waals surface area contributed by atoms with Gasteiger partial charge < -0.3 is 9.47 Å². The lowest BCUT2D eigenvalue weighted by molar-refractivity contribution is 0.284. The third kappa shape index (κ3) is 3.17. The molecule has 0 aliphatic rings. The molecule has 2 aromatic rings. The predicted molar refractivity (Wildman–Crippen MR) is 73.5 cm³/mol. The van der Waals surface area contributed by atoms with E-state index in [-0.39, 0.29) is 0 Å². The fourth-order valence-electron chi connectivity index (χ4n) is 1.61. The summed E-state index contributed by atoms with van der Waals surface area (Å²) >= 11 is 5.89. The second-order valence-corrected chi connectivity index (χ2v) is 4.51. The van der Waals surface area contributed by atoms with E-state index in [4.69, 9.17) is 21.1 Å². The van der Waals surface area contributed by atoms with E-state index >= 15 is 0 Å². The van der Waals surface area contributed by atoms with Crippen LogP contribution >= 0.6 is 11.6 Å². The molecule has 0 aliphatic carbocycles. The van der Waals surface area contributed by atoms with Crippen molar-refractivity contribution in [2.45, 2.75) is 13.5 Å². The molecule has 0 fully saturated rings. The van der Waals surface area contributed by atoms with Gasteiger partial charge in [-0.3, -0.25) is 0 Å². The zero-order valence-electron chi connectivity index (χ0n) is 10.4. The van der Waals surface area contributed by atoms with Crippen LogP contribution in [-0.4, -0.2) is 7.11 Å². The zero-order valence-corrected chi connectivity index (χ0v) is 11.2. The summed E-state index contributed by atoms with van der Waals surface area (Å²) in [4.78, 5) is 0. The van der Waals surface area contributed by atoms with Crippen molar-refractivity contribution >= 4 is 11.6 Å². The third-order valence-electron chi connectivity index (χ3n) is 2.64. The predicted octanol–water partition coefficient (Wildman–Crippen LogP) is 4.24. The normalized spacial score (nSPS) is 10.2. The van der Waals surface area contributed by atoms with Crippen LogP contribution in [0.5, 0.6) is 11.5 Å². The van der Waals surface area contributed by atoms with Crippen LogP contribution in [0.2, 0.25) is 5.02 Å². The highest BCUT2D eigenvalue weighted by Gasteiger charge is 2.05. The lowest BCUT2D eigenvalue weighted by atomic mass is 10.2. The molecule has 2 rings (SSSR count). The van der Waals surface area contributed by atoms with Crippen LogP contribution in [-0.2, 0) is 6.61 Å². The molecule has 0 aromatic heterocycles. The maximum absolute atomic E-state index is 5.89. The smallest absolute Gasteiger partial charge is 0.162 e. The van der Waals surface area contributed by atoms with E-state index in [2.05, 4.69) is 31.2 Å². The van der Waals surface area contributed by atoms with E-state index in [0.717, 1.165) is 5.56 Å². The fraction of sp³-hybridized carbons (Fsp3) is 0.200. The number of halogens is 1. The Labute approximate surface area is 112 Å². The van der Waals surface area contributed by atoms with Gasteiger partial charge >= 0.3 is 0 Å². The Morgan fingerprint density at radius 3 is 2.39 bits per heavy atom. The van der Waals surface area contributed by atoms with Crippen molar-refractivity contribution in [3.63, 3.8) is 0 Å². The van der Waals surface area contributed by atoms with E-state index in [1.165, 1.54) is 5.56 Å². The summed E-state index contributed by atoms with van der Waals surface area (Å²) < 4.78 is 10.9. The van der Waals surface area contributed by atoms with Crippen molar-refractivity contribution < 1.29 is 9.47 Å². The van der Waals surface area contributed by atoms with Gasteiger partial charge in [0.25, 0.3) is 0 Å². The number of methoxy groups -OCH3 is 1. The van der Waals surface area contributed by atoms with Crippen LogP contribution in [0.4, 0.5) is 0 Å². The number of benzene rings is 2. The van der Waals surface area contributed by atoms with Crippen molar-refractivity contribution in [2.75, 3.05) is 7.11 Å². The van der Waals surface area contributed by atoms with Crippen LogP contribution in [0.1, 0.15) is 11.1 Å². The van der Waals surface area contributed by atoms with Gasteiger partial charge in [-0.2, -0.15) is 0 Å². The maximum Gasteiger partial charge on any atom is 0.162 e. The molecule has 0 aliphatic heterocycles. The van der Waals surface area contributed by atoms with Crippen LogP contribution < -0.4 is 9.47 Å². The largest absolute Gasteiger partial charge is 0.493 e. The van der Waals surface area contributed by atoms with Crippen LogP contribution in [0, 0.1) is 6.92 Å². The minimum atomic E-state index is 0.512. The highest BCUT2D eigenvalue weighted by molar-refractivity contribution is 6.30. The van der Waals surface area contributed by atoms with Gasteiger partial charge in [0.15, 0.2) is 11.5 Å². The third-order valence-corrected chi connectivity index (χ3v) is 2.88. The Morgan fingerprint density at radius 1 is 1.00 bits per heavy atom. The SMILES string of the molecule is COc1cc(Cl)ccc1OCc1ccc(C)cc1. The van der Waals surface area contributed by atoms with Crippen LogP contribution in [0.3, 0.4) is 0 Å². The highest BCUT2D eigenvalue weighted by Crippen LogP contribution is 2.30. The Morgan fingerprint density at radius 2 is 1.72 bits per heavy atom. The summed E-state index contributed by atoms with van der Waals surface area (Å²) in [5.74, 6) is 1.34. The molecule has 0 spiro atoms. The van der Waals surface area contributed by atoms with Crippen molar-refractivity contribution in [1.82, 2.24) is 0 Å². The summed E-state index contributed by atoms with van der Waals surface area (Å²) in [5.41, 5.74) is 2.36. The molecule has 2 aromatic carbocycles. The topological polar surface area (TPSA) is 18.5 Å². The number of aryl methyl sites for hydroxylation is 1. The van der Waals surface area contributed by atoms with Gasteiger partial charge in [-0.05, 0) is 24.6 Å². The van der Waals surface area contributed by atoms with Gasteiger partial charge in [0, 0.05) is 11.1 Å². The molecule has 0 unspecified atom stereocenters. The number of hydrogen-bond donors (Lipinski definition) is 0. The molecule has 0 saturated heterocycles. The molecule has 0 radical (unpaired) electrons. The van der Waals surface area contributed by atoms with E-state index in [9.17, 15) is 0 Å². The summed E-state index contributed by atoms with van der Waals surface area (Å²) in [5, 5.41) is 0.634. The Balaban J connectivity index is 2.08. The highest BCUT2D eigenvalue weighted by atomic mass is 35.5. The van der Waals surface area contributed by atoms with Gasteiger partial charge in [0.05, 0.1) is 7.11 Å². The van der Waals surface area contributed by atoms with Crippen molar-refractivity contribution in [1.29, 1.82) is 0 Å². The minimum Gasteiger partial charge on any atom is -0.493 e. The first kappa shape index (κ1) is 12.8. The lowest BCUT2D eigenvalue weighted by Crippen LogP contribution is -1.97.